The first-order valence-electron chi connectivity index (χ1n) is 5.72. The van der Waals surface area contributed by atoms with Crippen molar-refractivity contribution in [2.75, 3.05) is 13.2 Å². The Bertz CT molecular complexity index is 307. The predicted molar refractivity (Wildman–Crippen MR) is 63.7 cm³/mol. The average molecular weight is 202 g/mol. The largest absolute Gasteiger partial charge is 0.376 e. The summed E-state index contributed by atoms with van der Waals surface area (Å²) in [6, 6.07) is 0. The van der Waals surface area contributed by atoms with Crippen LogP contribution in [0.5, 0.6) is 0 Å². The van der Waals surface area contributed by atoms with Crippen molar-refractivity contribution in [3.05, 3.63) is 48.1 Å². The van der Waals surface area contributed by atoms with Gasteiger partial charge in [0.25, 0.3) is 0 Å². The van der Waals surface area contributed by atoms with Crippen LogP contribution in [0.3, 0.4) is 0 Å². The normalized spacial score (nSPS) is 24.3. The Balaban J connectivity index is 1.66. The standard InChI is InChI=1S/C14H18O/c1-3-7-13(8-4-1)11-15-12-14-9-5-2-6-10-14/h1,3-5,7,9-10,13H,2,6,8,11-12H2. The summed E-state index contributed by atoms with van der Waals surface area (Å²) in [5, 5.41) is 0. The molecule has 0 heterocycles. The van der Waals surface area contributed by atoms with Gasteiger partial charge in [0.1, 0.15) is 0 Å². The second-order valence-electron chi connectivity index (χ2n) is 4.08. The Labute approximate surface area is 91.8 Å². The van der Waals surface area contributed by atoms with Crippen molar-refractivity contribution in [3.8, 4) is 0 Å². The van der Waals surface area contributed by atoms with E-state index >= 15 is 0 Å². The van der Waals surface area contributed by atoms with Gasteiger partial charge in [-0.15, -0.1) is 0 Å². The van der Waals surface area contributed by atoms with Gasteiger partial charge in [-0.25, -0.2) is 0 Å². The highest BCUT2D eigenvalue weighted by molar-refractivity contribution is 5.22. The number of hydrogen-bond acceptors (Lipinski definition) is 1. The molecule has 2 aliphatic rings. The maximum atomic E-state index is 5.71. The summed E-state index contributed by atoms with van der Waals surface area (Å²) in [4.78, 5) is 0. The lowest BCUT2D eigenvalue weighted by Gasteiger charge is -2.14. The first kappa shape index (κ1) is 10.4. The number of hydrogen-bond donors (Lipinski definition) is 0. The minimum atomic E-state index is 0.572. The quantitative estimate of drug-likeness (QED) is 0.678. The second kappa shape index (κ2) is 5.72. The van der Waals surface area contributed by atoms with Crippen LogP contribution in [0.25, 0.3) is 0 Å². The van der Waals surface area contributed by atoms with Crippen molar-refractivity contribution in [2.24, 2.45) is 5.92 Å². The van der Waals surface area contributed by atoms with E-state index in [4.69, 9.17) is 4.74 Å². The third kappa shape index (κ3) is 3.52. The summed E-state index contributed by atoms with van der Waals surface area (Å²) < 4.78 is 5.71. The van der Waals surface area contributed by atoms with E-state index in [1.165, 1.54) is 18.4 Å². The number of rotatable bonds is 4. The summed E-state index contributed by atoms with van der Waals surface area (Å²) in [6.45, 7) is 1.61. The fourth-order valence-corrected chi connectivity index (χ4v) is 1.86. The van der Waals surface area contributed by atoms with Gasteiger partial charge < -0.3 is 4.74 Å². The van der Waals surface area contributed by atoms with Crippen LogP contribution in [-0.4, -0.2) is 13.2 Å². The molecule has 2 aliphatic carbocycles. The van der Waals surface area contributed by atoms with Gasteiger partial charge in [-0.05, 0) is 24.8 Å². The fraction of sp³-hybridized carbons (Fsp3) is 0.429. The van der Waals surface area contributed by atoms with Crippen LogP contribution in [0.15, 0.2) is 48.1 Å². The smallest absolute Gasteiger partial charge is 0.0713 e. The van der Waals surface area contributed by atoms with Crippen molar-refractivity contribution in [2.45, 2.75) is 19.3 Å². The van der Waals surface area contributed by atoms with E-state index in [-0.39, 0.29) is 0 Å². The van der Waals surface area contributed by atoms with Crippen LogP contribution >= 0.6 is 0 Å². The van der Waals surface area contributed by atoms with Crippen molar-refractivity contribution < 1.29 is 4.74 Å². The molecule has 0 saturated heterocycles. The van der Waals surface area contributed by atoms with Gasteiger partial charge >= 0.3 is 0 Å². The molecule has 0 bridgehead atoms. The number of ether oxygens (including phenoxy) is 1. The van der Waals surface area contributed by atoms with E-state index in [1.807, 2.05) is 0 Å². The van der Waals surface area contributed by atoms with E-state index in [9.17, 15) is 0 Å². The fourth-order valence-electron chi connectivity index (χ4n) is 1.86. The van der Waals surface area contributed by atoms with Gasteiger partial charge in [-0.3, -0.25) is 0 Å². The SMILES string of the molecule is C1=CCC(COCC2=CCCC=C2)C=C1. The van der Waals surface area contributed by atoms with Crippen LogP contribution in [-0.2, 0) is 4.74 Å². The molecule has 0 spiro atoms. The molecular formula is C14H18O. The molecule has 0 aromatic heterocycles. The van der Waals surface area contributed by atoms with Crippen molar-refractivity contribution in [1.29, 1.82) is 0 Å². The maximum Gasteiger partial charge on any atom is 0.0713 e. The van der Waals surface area contributed by atoms with Crippen LogP contribution in [0.4, 0.5) is 0 Å². The van der Waals surface area contributed by atoms with Crippen molar-refractivity contribution in [3.63, 3.8) is 0 Å². The highest BCUT2D eigenvalue weighted by atomic mass is 16.5. The molecule has 1 unspecified atom stereocenters. The first-order valence-corrected chi connectivity index (χ1v) is 5.72. The molecule has 80 valence electrons. The predicted octanol–water partition coefficient (Wildman–Crippen LogP) is 3.41. The summed E-state index contributed by atoms with van der Waals surface area (Å²) >= 11 is 0. The summed E-state index contributed by atoms with van der Waals surface area (Å²) in [5.41, 5.74) is 1.33. The van der Waals surface area contributed by atoms with Gasteiger partial charge in [0, 0.05) is 5.92 Å². The molecule has 0 radical (unpaired) electrons. The zero-order valence-corrected chi connectivity index (χ0v) is 9.06. The van der Waals surface area contributed by atoms with E-state index in [0.717, 1.165) is 19.6 Å². The molecule has 0 aromatic carbocycles. The Morgan fingerprint density at radius 2 is 2.20 bits per heavy atom. The molecule has 0 fully saturated rings. The van der Waals surface area contributed by atoms with Crippen LogP contribution in [0.2, 0.25) is 0 Å². The van der Waals surface area contributed by atoms with Crippen LogP contribution in [0, 0.1) is 5.92 Å². The zero-order chi connectivity index (χ0) is 10.3. The molecule has 0 saturated carbocycles. The minimum absolute atomic E-state index is 0.572. The molecule has 1 atom stereocenters. The van der Waals surface area contributed by atoms with E-state index in [0.29, 0.717) is 5.92 Å². The van der Waals surface area contributed by atoms with Crippen LogP contribution in [0.1, 0.15) is 19.3 Å². The molecule has 0 amide bonds. The molecule has 1 nitrogen and oxygen atoms in total. The van der Waals surface area contributed by atoms with Crippen LogP contribution < -0.4 is 0 Å². The highest BCUT2D eigenvalue weighted by Crippen LogP contribution is 2.14. The Hall–Kier alpha value is -1.08. The topological polar surface area (TPSA) is 9.23 Å². The third-order valence-corrected chi connectivity index (χ3v) is 2.74. The third-order valence-electron chi connectivity index (χ3n) is 2.74. The summed E-state index contributed by atoms with van der Waals surface area (Å²) in [5.74, 6) is 0.572. The molecule has 0 aliphatic heterocycles. The Morgan fingerprint density at radius 1 is 1.20 bits per heavy atom. The monoisotopic (exact) mass is 202 g/mol. The van der Waals surface area contributed by atoms with E-state index in [1.54, 1.807) is 0 Å². The molecule has 0 aromatic rings. The summed E-state index contributed by atoms with van der Waals surface area (Å²) in [7, 11) is 0. The molecule has 2 rings (SSSR count). The molecular weight excluding hydrogens is 184 g/mol. The van der Waals surface area contributed by atoms with Gasteiger partial charge in [-0.1, -0.05) is 42.5 Å². The van der Waals surface area contributed by atoms with Gasteiger partial charge in [0.05, 0.1) is 13.2 Å². The lowest BCUT2D eigenvalue weighted by molar-refractivity contribution is 0.134. The molecule has 1 heteroatoms. The lowest BCUT2D eigenvalue weighted by Crippen LogP contribution is -2.09. The van der Waals surface area contributed by atoms with E-state index < -0.39 is 0 Å². The second-order valence-corrected chi connectivity index (χ2v) is 4.08. The minimum Gasteiger partial charge on any atom is -0.376 e. The summed E-state index contributed by atoms with van der Waals surface area (Å²) in [6.07, 6.45) is 18.8. The van der Waals surface area contributed by atoms with Gasteiger partial charge in [0.2, 0.25) is 0 Å². The Kier molecular flexibility index (Phi) is 3.98. The highest BCUT2D eigenvalue weighted by Gasteiger charge is 2.05. The lowest BCUT2D eigenvalue weighted by atomic mass is 10.0. The van der Waals surface area contributed by atoms with E-state index in [2.05, 4.69) is 42.5 Å². The average Bonchev–Trinajstić information content (AvgIpc) is 2.32. The first-order chi connectivity index (χ1) is 7.45. The van der Waals surface area contributed by atoms with Crippen molar-refractivity contribution in [1.82, 2.24) is 0 Å². The zero-order valence-electron chi connectivity index (χ0n) is 9.06. The van der Waals surface area contributed by atoms with Gasteiger partial charge in [-0.2, -0.15) is 0 Å². The van der Waals surface area contributed by atoms with Crippen molar-refractivity contribution >= 4 is 0 Å². The Morgan fingerprint density at radius 3 is 2.93 bits per heavy atom. The molecule has 0 N–H and O–H groups in total. The maximum absolute atomic E-state index is 5.71. The van der Waals surface area contributed by atoms with Gasteiger partial charge in [0.15, 0.2) is 0 Å². The number of allylic oxidation sites excluding steroid dienone is 5. The molecule has 15 heavy (non-hydrogen) atoms.